The van der Waals surface area contributed by atoms with Crippen LogP contribution in [0.5, 0.6) is 5.75 Å². The summed E-state index contributed by atoms with van der Waals surface area (Å²) in [5, 5.41) is -3.58. The molecule has 5 aromatic carbocycles. The second kappa shape index (κ2) is 8.72. The van der Waals surface area contributed by atoms with Gasteiger partial charge in [0.15, 0.2) is 23.3 Å². The maximum Gasteiger partial charge on any atom is 0.198 e. The normalized spacial score (nSPS) is 11.5. The van der Waals surface area contributed by atoms with E-state index in [1.165, 1.54) is 0 Å². The van der Waals surface area contributed by atoms with Gasteiger partial charge in [-0.3, -0.25) is 0 Å². The fourth-order valence-electron chi connectivity index (χ4n) is 4.48. The van der Waals surface area contributed by atoms with E-state index >= 15 is 22.0 Å². The molecule has 0 aliphatic carbocycles. The van der Waals surface area contributed by atoms with Gasteiger partial charge in [0.05, 0.1) is 12.7 Å². The molecule has 0 atom stereocenters. The number of ether oxygens (including phenoxy) is 1. The van der Waals surface area contributed by atoms with Crippen LogP contribution in [0.1, 0.15) is 0 Å². The van der Waals surface area contributed by atoms with Crippen molar-refractivity contribution in [1.82, 2.24) is 0 Å². The van der Waals surface area contributed by atoms with Gasteiger partial charge >= 0.3 is 0 Å². The average molecular weight is 522 g/mol. The maximum absolute atomic E-state index is 15.4. The first-order valence-corrected chi connectivity index (χ1v) is 10.4. The lowest BCUT2D eigenvalue weighted by Gasteiger charge is -2.20. The molecule has 0 heterocycles. The summed E-state index contributed by atoms with van der Waals surface area (Å²) in [5.74, 6) is -15.5. The van der Waals surface area contributed by atoms with Crippen LogP contribution in [0.15, 0.2) is 48.5 Å². The van der Waals surface area contributed by atoms with E-state index in [1.54, 1.807) is 0 Å². The van der Waals surface area contributed by atoms with Gasteiger partial charge in [0.25, 0.3) is 0 Å². The highest BCUT2D eigenvalue weighted by Crippen LogP contribution is 2.49. The Bertz CT molecular complexity index is 1740. The summed E-state index contributed by atoms with van der Waals surface area (Å²) in [4.78, 5) is 0. The summed E-state index contributed by atoms with van der Waals surface area (Å²) in [6.45, 7) is 0. The van der Waals surface area contributed by atoms with Crippen molar-refractivity contribution in [2.45, 2.75) is 0 Å². The van der Waals surface area contributed by atoms with Gasteiger partial charge in [0.2, 0.25) is 0 Å². The molecule has 0 unspecified atom stereocenters. The molecule has 0 aliphatic heterocycles. The first kappa shape index (κ1) is 24.5. The Morgan fingerprint density at radius 3 is 1.68 bits per heavy atom. The summed E-state index contributed by atoms with van der Waals surface area (Å²) in [5.41, 5.74) is -3.40. The minimum atomic E-state index is -2.33. The van der Waals surface area contributed by atoms with Crippen LogP contribution in [-0.4, -0.2) is 7.11 Å². The fourth-order valence-corrected chi connectivity index (χ4v) is 4.48. The Morgan fingerprint density at radius 1 is 0.514 bits per heavy atom. The average Bonchev–Trinajstić information content (AvgIpc) is 2.85. The van der Waals surface area contributed by atoms with Gasteiger partial charge in [-0.1, -0.05) is 12.1 Å². The molecule has 10 heteroatoms. The standard InChI is InChI=1S/C27H11F9O/c1-37-11-8-16(31)21(17(32)9-11)20-13-3-2-4-14(29)18(13)19(12-6-5-10(28)7-15(12)30)22-23(20)25(34)27(36)26(35)24(22)33/h2-9H,1H3. The van der Waals surface area contributed by atoms with E-state index in [2.05, 4.69) is 0 Å². The monoisotopic (exact) mass is 522 g/mol. The zero-order valence-electron chi connectivity index (χ0n) is 18.4. The molecule has 0 fully saturated rings. The third-order valence-electron chi connectivity index (χ3n) is 6.00. The number of hydrogen-bond acceptors (Lipinski definition) is 1. The molecule has 0 saturated heterocycles. The Labute approximate surface area is 202 Å². The smallest absolute Gasteiger partial charge is 0.198 e. The fraction of sp³-hybridized carbons (Fsp3) is 0.0370. The number of rotatable bonds is 3. The highest BCUT2D eigenvalue weighted by molar-refractivity contribution is 6.22. The third-order valence-corrected chi connectivity index (χ3v) is 6.00. The van der Waals surface area contributed by atoms with Crippen molar-refractivity contribution < 1.29 is 44.3 Å². The van der Waals surface area contributed by atoms with Crippen molar-refractivity contribution in [2.24, 2.45) is 0 Å². The molecule has 0 N–H and O–H groups in total. The quantitative estimate of drug-likeness (QED) is 0.0998. The van der Waals surface area contributed by atoms with Gasteiger partial charge in [-0.25, -0.2) is 39.5 Å². The number of hydrogen-bond donors (Lipinski definition) is 0. The van der Waals surface area contributed by atoms with E-state index in [1.807, 2.05) is 0 Å². The SMILES string of the molecule is COc1cc(F)c(-c2c3cccc(F)c3c(-c3ccc(F)cc3F)c3c(F)c(F)c(F)c(F)c23)c(F)c1. The molecule has 188 valence electrons. The molecule has 5 aromatic rings. The van der Waals surface area contributed by atoms with Crippen LogP contribution in [0.3, 0.4) is 0 Å². The van der Waals surface area contributed by atoms with Gasteiger partial charge < -0.3 is 4.74 Å². The summed E-state index contributed by atoms with van der Waals surface area (Å²) >= 11 is 0. The molecule has 0 aromatic heterocycles. The van der Waals surface area contributed by atoms with Gasteiger partial charge in [0, 0.05) is 51.0 Å². The molecule has 0 radical (unpaired) electrons. The van der Waals surface area contributed by atoms with Crippen molar-refractivity contribution in [1.29, 1.82) is 0 Å². The molecule has 0 amide bonds. The Kier molecular flexibility index (Phi) is 5.77. The molecule has 37 heavy (non-hydrogen) atoms. The van der Waals surface area contributed by atoms with Crippen LogP contribution in [0.4, 0.5) is 39.5 Å². The topological polar surface area (TPSA) is 9.23 Å². The minimum Gasteiger partial charge on any atom is -0.497 e. The van der Waals surface area contributed by atoms with Gasteiger partial charge in [0.1, 0.15) is 34.8 Å². The lowest BCUT2D eigenvalue weighted by molar-refractivity contribution is 0.407. The molecule has 5 rings (SSSR count). The molecular formula is C27H11F9O. The van der Waals surface area contributed by atoms with Crippen LogP contribution in [-0.2, 0) is 0 Å². The van der Waals surface area contributed by atoms with Crippen LogP contribution in [0.25, 0.3) is 43.8 Å². The lowest BCUT2D eigenvalue weighted by Crippen LogP contribution is -2.05. The van der Waals surface area contributed by atoms with Gasteiger partial charge in [-0.05, 0) is 23.6 Å². The molecule has 0 aliphatic rings. The number of methoxy groups -OCH3 is 1. The van der Waals surface area contributed by atoms with Crippen LogP contribution < -0.4 is 4.74 Å². The van der Waals surface area contributed by atoms with E-state index in [-0.39, 0.29) is 5.75 Å². The predicted octanol–water partition coefficient (Wildman–Crippen LogP) is 8.59. The van der Waals surface area contributed by atoms with Crippen molar-refractivity contribution in [3.63, 3.8) is 0 Å². The van der Waals surface area contributed by atoms with Crippen LogP contribution >= 0.6 is 0 Å². The molecule has 1 nitrogen and oxygen atoms in total. The zero-order valence-corrected chi connectivity index (χ0v) is 18.4. The van der Waals surface area contributed by atoms with E-state index in [0.717, 1.165) is 37.4 Å². The largest absolute Gasteiger partial charge is 0.497 e. The summed E-state index contributed by atoms with van der Waals surface area (Å²) in [6, 6.07) is 6.18. The first-order valence-electron chi connectivity index (χ1n) is 10.4. The molecular weight excluding hydrogens is 511 g/mol. The van der Waals surface area contributed by atoms with E-state index in [0.29, 0.717) is 18.2 Å². The van der Waals surface area contributed by atoms with Crippen LogP contribution in [0.2, 0.25) is 0 Å². The highest BCUT2D eigenvalue weighted by atomic mass is 19.2. The van der Waals surface area contributed by atoms with E-state index < -0.39 is 96.2 Å². The maximum atomic E-state index is 15.4. The number of fused-ring (bicyclic) bond motifs is 2. The van der Waals surface area contributed by atoms with Crippen LogP contribution in [0, 0.1) is 52.4 Å². The third kappa shape index (κ3) is 3.58. The molecule has 0 bridgehead atoms. The van der Waals surface area contributed by atoms with Gasteiger partial charge in [-0.15, -0.1) is 0 Å². The summed E-state index contributed by atoms with van der Waals surface area (Å²) in [7, 11) is 1.10. The van der Waals surface area contributed by atoms with Crippen molar-refractivity contribution in [3.8, 4) is 28.0 Å². The van der Waals surface area contributed by atoms with Crippen molar-refractivity contribution in [3.05, 3.63) is 101 Å². The number of benzene rings is 5. The Morgan fingerprint density at radius 2 is 1.11 bits per heavy atom. The van der Waals surface area contributed by atoms with E-state index in [4.69, 9.17) is 4.74 Å². The first-order chi connectivity index (χ1) is 17.6. The van der Waals surface area contributed by atoms with Crippen molar-refractivity contribution in [2.75, 3.05) is 7.11 Å². The predicted molar refractivity (Wildman–Crippen MR) is 119 cm³/mol. The Hall–Kier alpha value is -4.21. The number of halogens is 9. The summed E-state index contributed by atoms with van der Waals surface area (Å²) in [6.07, 6.45) is 0. The molecule has 0 saturated carbocycles. The second-order valence-corrected chi connectivity index (χ2v) is 8.01. The van der Waals surface area contributed by atoms with Crippen molar-refractivity contribution >= 4 is 21.5 Å². The van der Waals surface area contributed by atoms with Gasteiger partial charge in [-0.2, -0.15) is 0 Å². The minimum absolute atomic E-state index is 0.299. The Balaban J connectivity index is 2.16. The second-order valence-electron chi connectivity index (χ2n) is 8.01. The van der Waals surface area contributed by atoms with E-state index in [9.17, 15) is 17.6 Å². The lowest BCUT2D eigenvalue weighted by atomic mass is 9.84. The molecule has 0 spiro atoms. The zero-order chi connectivity index (χ0) is 26.8. The summed E-state index contributed by atoms with van der Waals surface area (Å²) < 4.78 is 139. The highest BCUT2D eigenvalue weighted by Gasteiger charge is 2.32.